The molecule has 0 heterocycles. The van der Waals surface area contributed by atoms with Crippen molar-refractivity contribution in [1.29, 1.82) is 0 Å². The van der Waals surface area contributed by atoms with E-state index in [9.17, 15) is 21.6 Å². The van der Waals surface area contributed by atoms with Crippen molar-refractivity contribution in [2.75, 3.05) is 5.73 Å². The largest absolute Gasteiger partial charge is 0.501 e. The maximum Gasteiger partial charge on any atom is 0.501 e. The summed E-state index contributed by atoms with van der Waals surface area (Å²) < 4.78 is 58.9. The summed E-state index contributed by atoms with van der Waals surface area (Å²) in [5.74, 6) is 0. The molecule has 84 valence electrons. The third-order valence-electron chi connectivity index (χ3n) is 1.82. The van der Waals surface area contributed by atoms with Gasteiger partial charge in [-0.3, -0.25) is 0 Å². The van der Waals surface area contributed by atoms with E-state index in [0.29, 0.717) is 0 Å². The average Bonchev–Trinajstić information content (AvgIpc) is 2.00. The van der Waals surface area contributed by atoms with E-state index < -0.39 is 25.9 Å². The van der Waals surface area contributed by atoms with Crippen molar-refractivity contribution in [3.63, 3.8) is 0 Å². The third-order valence-corrected chi connectivity index (χ3v) is 3.52. The maximum atomic E-state index is 12.2. The Balaban J connectivity index is 3.55. The molecule has 0 amide bonds. The number of hydrogen-bond donors (Lipinski definition) is 1. The molecule has 0 aromatic heterocycles. The lowest BCUT2D eigenvalue weighted by molar-refractivity contribution is -0.0436. The Bertz CT molecular complexity index is 459. The molecule has 3 nitrogen and oxygen atoms in total. The third kappa shape index (κ3) is 1.92. The molecule has 15 heavy (non-hydrogen) atoms. The molecular formula is C8H8F3NO2S. The van der Waals surface area contributed by atoms with Gasteiger partial charge in [0.25, 0.3) is 9.84 Å². The van der Waals surface area contributed by atoms with Crippen LogP contribution in [-0.2, 0) is 9.84 Å². The van der Waals surface area contributed by atoms with E-state index in [2.05, 4.69) is 0 Å². The van der Waals surface area contributed by atoms with Crippen LogP contribution < -0.4 is 5.73 Å². The van der Waals surface area contributed by atoms with Crippen LogP contribution in [0.4, 0.5) is 18.9 Å². The highest BCUT2D eigenvalue weighted by molar-refractivity contribution is 7.92. The van der Waals surface area contributed by atoms with Crippen molar-refractivity contribution >= 4 is 15.5 Å². The van der Waals surface area contributed by atoms with E-state index in [-0.39, 0.29) is 5.56 Å². The zero-order chi connectivity index (χ0) is 11.9. The summed E-state index contributed by atoms with van der Waals surface area (Å²) >= 11 is 0. The monoisotopic (exact) mass is 239 g/mol. The van der Waals surface area contributed by atoms with Crippen molar-refractivity contribution in [2.45, 2.75) is 17.3 Å². The first-order valence-corrected chi connectivity index (χ1v) is 5.32. The highest BCUT2D eigenvalue weighted by Crippen LogP contribution is 2.34. The summed E-state index contributed by atoms with van der Waals surface area (Å²) in [6.45, 7) is 1.26. The topological polar surface area (TPSA) is 60.2 Å². The summed E-state index contributed by atoms with van der Waals surface area (Å²) in [5.41, 5.74) is -0.518. The molecule has 0 unspecified atom stereocenters. The Morgan fingerprint density at radius 2 is 1.80 bits per heavy atom. The first-order valence-electron chi connectivity index (χ1n) is 3.84. The Kier molecular flexibility index (Phi) is 2.69. The van der Waals surface area contributed by atoms with Gasteiger partial charge in [0.15, 0.2) is 0 Å². The smallest absolute Gasteiger partial charge is 0.398 e. The van der Waals surface area contributed by atoms with E-state index in [1.54, 1.807) is 0 Å². The first kappa shape index (κ1) is 11.8. The van der Waals surface area contributed by atoms with Crippen LogP contribution in [0.5, 0.6) is 0 Å². The van der Waals surface area contributed by atoms with Crippen LogP contribution in [0.3, 0.4) is 0 Å². The number of rotatable bonds is 1. The van der Waals surface area contributed by atoms with Crippen LogP contribution in [-0.4, -0.2) is 13.9 Å². The quantitative estimate of drug-likeness (QED) is 0.761. The summed E-state index contributed by atoms with van der Waals surface area (Å²) in [6, 6.07) is 3.76. The number of sulfone groups is 1. The molecule has 0 aliphatic carbocycles. The number of aryl methyl sites for hydroxylation is 1. The standard InChI is InChI=1S/C8H8F3NO2S/c1-5-3-2-4-6(12)7(5)15(13,14)8(9,10)11/h2-4H,12H2,1H3. The second kappa shape index (κ2) is 3.41. The van der Waals surface area contributed by atoms with Gasteiger partial charge < -0.3 is 5.73 Å². The fourth-order valence-electron chi connectivity index (χ4n) is 1.16. The predicted molar refractivity (Wildman–Crippen MR) is 48.8 cm³/mol. The molecule has 1 aromatic carbocycles. The summed E-state index contributed by atoms with van der Waals surface area (Å²) in [6.07, 6.45) is 0. The lowest BCUT2D eigenvalue weighted by atomic mass is 10.2. The zero-order valence-corrected chi connectivity index (χ0v) is 8.48. The van der Waals surface area contributed by atoms with Gasteiger partial charge in [-0.1, -0.05) is 12.1 Å². The fourth-order valence-corrected chi connectivity index (χ4v) is 2.26. The summed E-state index contributed by atoms with van der Waals surface area (Å²) in [7, 11) is -5.36. The van der Waals surface area contributed by atoms with Crippen molar-refractivity contribution < 1.29 is 21.6 Å². The van der Waals surface area contributed by atoms with Crippen LogP contribution >= 0.6 is 0 Å². The van der Waals surface area contributed by atoms with Gasteiger partial charge in [-0.05, 0) is 18.6 Å². The molecule has 2 N–H and O–H groups in total. The van der Waals surface area contributed by atoms with E-state index in [0.717, 1.165) is 6.07 Å². The van der Waals surface area contributed by atoms with Crippen LogP contribution in [0.25, 0.3) is 0 Å². The van der Waals surface area contributed by atoms with Crippen LogP contribution in [0.1, 0.15) is 5.56 Å². The van der Waals surface area contributed by atoms with Gasteiger partial charge >= 0.3 is 5.51 Å². The van der Waals surface area contributed by atoms with Gasteiger partial charge in [-0.25, -0.2) is 8.42 Å². The van der Waals surface area contributed by atoms with Crippen LogP contribution in [0.15, 0.2) is 23.1 Å². The normalized spacial score (nSPS) is 12.8. The molecule has 0 saturated heterocycles. The van der Waals surface area contributed by atoms with Crippen molar-refractivity contribution in [3.05, 3.63) is 23.8 Å². The first-order chi connectivity index (χ1) is 6.68. The maximum absolute atomic E-state index is 12.2. The molecule has 0 atom stereocenters. The van der Waals surface area contributed by atoms with Gasteiger partial charge in [0.1, 0.15) is 4.90 Å². The summed E-state index contributed by atoms with van der Waals surface area (Å²) in [4.78, 5) is -0.863. The number of anilines is 1. The van der Waals surface area contributed by atoms with Crippen molar-refractivity contribution in [2.24, 2.45) is 0 Å². The molecule has 0 bridgehead atoms. The van der Waals surface area contributed by atoms with E-state index >= 15 is 0 Å². The minimum atomic E-state index is -5.36. The fraction of sp³-hybridized carbons (Fsp3) is 0.250. The molecule has 0 fully saturated rings. The van der Waals surface area contributed by atoms with Gasteiger partial charge in [-0.15, -0.1) is 0 Å². The lowest BCUT2D eigenvalue weighted by Crippen LogP contribution is -2.25. The Morgan fingerprint density at radius 1 is 1.27 bits per heavy atom. The second-order valence-corrected chi connectivity index (χ2v) is 4.82. The number of alkyl halides is 3. The van der Waals surface area contributed by atoms with Gasteiger partial charge in [0.05, 0.1) is 5.69 Å². The zero-order valence-electron chi connectivity index (χ0n) is 7.67. The Hall–Kier alpha value is -1.24. The highest BCUT2D eigenvalue weighted by atomic mass is 32.2. The van der Waals surface area contributed by atoms with Crippen molar-refractivity contribution in [3.8, 4) is 0 Å². The molecular weight excluding hydrogens is 231 g/mol. The SMILES string of the molecule is Cc1cccc(N)c1S(=O)(=O)C(F)(F)F. The van der Waals surface area contributed by atoms with Crippen LogP contribution in [0, 0.1) is 6.92 Å². The minimum Gasteiger partial charge on any atom is -0.398 e. The van der Waals surface area contributed by atoms with Crippen LogP contribution in [0.2, 0.25) is 0 Å². The molecule has 0 radical (unpaired) electrons. The Labute approximate surface area is 84.6 Å². The second-order valence-electron chi connectivity index (χ2n) is 2.94. The molecule has 1 rings (SSSR count). The molecule has 0 saturated carbocycles. The average molecular weight is 239 g/mol. The van der Waals surface area contributed by atoms with E-state index in [4.69, 9.17) is 5.73 Å². The highest BCUT2D eigenvalue weighted by Gasteiger charge is 2.48. The molecule has 0 aliphatic rings. The van der Waals surface area contributed by atoms with Gasteiger partial charge in [0, 0.05) is 0 Å². The van der Waals surface area contributed by atoms with Gasteiger partial charge in [0.2, 0.25) is 0 Å². The lowest BCUT2D eigenvalue weighted by Gasteiger charge is -2.12. The van der Waals surface area contributed by atoms with Gasteiger partial charge in [-0.2, -0.15) is 13.2 Å². The molecule has 0 aliphatic heterocycles. The number of hydrogen-bond acceptors (Lipinski definition) is 3. The van der Waals surface area contributed by atoms with E-state index in [1.807, 2.05) is 0 Å². The van der Waals surface area contributed by atoms with Crippen molar-refractivity contribution in [1.82, 2.24) is 0 Å². The molecule has 1 aromatic rings. The Morgan fingerprint density at radius 3 is 2.20 bits per heavy atom. The number of nitrogens with two attached hydrogens (primary N) is 1. The summed E-state index contributed by atoms with van der Waals surface area (Å²) in [5, 5.41) is 0. The van der Waals surface area contributed by atoms with E-state index in [1.165, 1.54) is 19.1 Å². The molecule has 0 spiro atoms. The predicted octanol–water partition coefficient (Wildman–Crippen LogP) is 1.87. The number of benzene rings is 1. The number of nitrogen functional groups attached to an aromatic ring is 1. The number of halogens is 3. The molecule has 7 heteroatoms. The minimum absolute atomic E-state index is 0.0210.